The second kappa shape index (κ2) is 5.46. The molecule has 0 radical (unpaired) electrons. The number of ether oxygens (including phenoxy) is 1. The Bertz CT molecular complexity index is 400. The molecular weight excluding hydrogens is 228 g/mol. The monoisotopic (exact) mass is 242 g/mol. The highest BCUT2D eigenvalue weighted by atomic mass is 16.5. The number of dihydropyridines is 1. The highest BCUT2D eigenvalue weighted by molar-refractivity contribution is 5.96. The smallest absolute Gasteiger partial charge is 0.336 e. The number of rotatable bonds is 5. The molecule has 7 nitrogen and oxygen atoms in total. The highest BCUT2D eigenvalue weighted by Gasteiger charge is 2.33. The molecule has 1 aliphatic rings. The zero-order chi connectivity index (χ0) is 13.0. The fourth-order valence-electron chi connectivity index (χ4n) is 1.50. The summed E-state index contributed by atoms with van der Waals surface area (Å²) in [6.45, 7) is 1.81. The van der Waals surface area contributed by atoms with Crippen LogP contribution in [-0.2, 0) is 14.3 Å². The molecule has 0 aromatic carbocycles. The average molecular weight is 242 g/mol. The van der Waals surface area contributed by atoms with E-state index in [0.29, 0.717) is 5.70 Å². The molecule has 7 heteroatoms. The van der Waals surface area contributed by atoms with Gasteiger partial charge < -0.3 is 26.0 Å². The number of carbonyl (C=O) groups is 2. The summed E-state index contributed by atoms with van der Waals surface area (Å²) in [7, 11) is 0. The van der Waals surface area contributed by atoms with E-state index in [1.54, 1.807) is 0 Å². The Morgan fingerprint density at radius 2 is 2.12 bits per heavy atom. The molecule has 1 aliphatic heterocycles. The standard InChI is InChI=1S/C10H14N2O5/c1-5-7(10(15)16)8(17-3-2-11)6(4-12-5)9(13)14/h4,8,12H,2-3,11H2,1H3,(H,13,14)(H,15,16). The predicted octanol–water partition coefficient (Wildman–Crippen LogP) is -0.739. The van der Waals surface area contributed by atoms with Gasteiger partial charge in [-0.05, 0) is 6.92 Å². The van der Waals surface area contributed by atoms with Gasteiger partial charge in [-0.2, -0.15) is 0 Å². The van der Waals surface area contributed by atoms with Crippen molar-refractivity contribution in [3.8, 4) is 0 Å². The van der Waals surface area contributed by atoms with E-state index >= 15 is 0 Å². The lowest BCUT2D eigenvalue weighted by Gasteiger charge is -2.25. The first-order valence-electron chi connectivity index (χ1n) is 4.94. The van der Waals surface area contributed by atoms with Crippen molar-refractivity contribution >= 4 is 11.9 Å². The fourth-order valence-corrected chi connectivity index (χ4v) is 1.50. The van der Waals surface area contributed by atoms with E-state index in [1.165, 1.54) is 13.1 Å². The van der Waals surface area contributed by atoms with E-state index < -0.39 is 18.0 Å². The minimum atomic E-state index is -1.23. The van der Waals surface area contributed by atoms with Gasteiger partial charge in [0.05, 0.1) is 17.8 Å². The van der Waals surface area contributed by atoms with Crippen LogP contribution in [0.1, 0.15) is 6.92 Å². The van der Waals surface area contributed by atoms with Crippen LogP contribution in [0.15, 0.2) is 23.0 Å². The first-order valence-corrected chi connectivity index (χ1v) is 4.94. The summed E-state index contributed by atoms with van der Waals surface area (Å²) in [5.41, 5.74) is 5.34. The average Bonchev–Trinajstić information content (AvgIpc) is 2.25. The van der Waals surface area contributed by atoms with Gasteiger partial charge in [0.25, 0.3) is 0 Å². The Labute approximate surface area is 97.6 Å². The van der Waals surface area contributed by atoms with E-state index in [2.05, 4.69) is 5.32 Å². The third-order valence-corrected chi connectivity index (χ3v) is 2.27. The van der Waals surface area contributed by atoms with Crippen molar-refractivity contribution in [3.05, 3.63) is 23.0 Å². The van der Waals surface area contributed by atoms with Crippen LogP contribution >= 0.6 is 0 Å². The lowest BCUT2D eigenvalue weighted by atomic mass is 9.97. The second-order valence-electron chi connectivity index (χ2n) is 3.43. The summed E-state index contributed by atoms with van der Waals surface area (Å²) in [5, 5.41) is 20.6. The predicted molar refractivity (Wildman–Crippen MR) is 58.0 cm³/mol. The van der Waals surface area contributed by atoms with Gasteiger partial charge in [-0.3, -0.25) is 0 Å². The molecule has 0 saturated heterocycles. The Balaban J connectivity index is 3.06. The molecule has 0 spiro atoms. The molecule has 0 fully saturated rings. The molecule has 17 heavy (non-hydrogen) atoms. The van der Waals surface area contributed by atoms with Crippen molar-refractivity contribution in [1.29, 1.82) is 0 Å². The van der Waals surface area contributed by atoms with E-state index in [0.717, 1.165) is 0 Å². The maximum Gasteiger partial charge on any atom is 0.336 e. The molecule has 1 atom stereocenters. The van der Waals surface area contributed by atoms with Gasteiger partial charge in [0.1, 0.15) is 6.10 Å². The molecule has 0 bridgehead atoms. The Kier molecular flexibility index (Phi) is 4.24. The topological polar surface area (TPSA) is 122 Å². The summed E-state index contributed by atoms with van der Waals surface area (Å²) in [5.74, 6) is -2.45. The van der Waals surface area contributed by atoms with Crippen LogP contribution in [0.3, 0.4) is 0 Å². The highest BCUT2D eigenvalue weighted by Crippen LogP contribution is 2.23. The SMILES string of the molecule is CC1=C(C(=O)O)C(OCCN)C(C(=O)O)=CN1. The van der Waals surface area contributed by atoms with Gasteiger partial charge >= 0.3 is 11.9 Å². The number of allylic oxidation sites excluding steroid dienone is 1. The van der Waals surface area contributed by atoms with Crippen molar-refractivity contribution in [2.45, 2.75) is 13.0 Å². The molecule has 1 rings (SSSR count). The third kappa shape index (κ3) is 2.83. The van der Waals surface area contributed by atoms with Crippen LogP contribution in [0.2, 0.25) is 0 Å². The van der Waals surface area contributed by atoms with Gasteiger partial charge in [0, 0.05) is 18.4 Å². The van der Waals surface area contributed by atoms with Crippen molar-refractivity contribution in [2.75, 3.05) is 13.2 Å². The maximum atomic E-state index is 11.1. The van der Waals surface area contributed by atoms with Gasteiger partial charge in [-0.1, -0.05) is 0 Å². The van der Waals surface area contributed by atoms with E-state index in [4.69, 9.17) is 20.7 Å². The molecular formula is C10H14N2O5. The quantitative estimate of drug-likeness (QED) is 0.501. The number of hydrogen-bond acceptors (Lipinski definition) is 5. The van der Waals surface area contributed by atoms with Gasteiger partial charge in [0.2, 0.25) is 0 Å². The number of hydrogen-bond donors (Lipinski definition) is 4. The molecule has 0 saturated carbocycles. The Hall–Kier alpha value is -1.86. The molecule has 0 amide bonds. The fraction of sp³-hybridized carbons (Fsp3) is 0.400. The molecule has 1 unspecified atom stereocenters. The van der Waals surface area contributed by atoms with E-state index in [-0.39, 0.29) is 24.3 Å². The van der Waals surface area contributed by atoms with Crippen LogP contribution < -0.4 is 11.1 Å². The number of carboxylic acid groups (broad SMARTS) is 2. The third-order valence-electron chi connectivity index (χ3n) is 2.27. The maximum absolute atomic E-state index is 11.1. The first kappa shape index (κ1) is 13.2. The molecule has 5 N–H and O–H groups in total. The van der Waals surface area contributed by atoms with Crippen LogP contribution in [0.5, 0.6) is 0 Å². The van der Waals surface area contributed by atoms with E-state index in [9.17, 15) is 9.59 Å². The molecule has 1 heterocycles. The van der Waals surface area contributed by atoms with Crippen molar-refractivity contribution in [3.63, 3.8) is 0 Å². The zero-order valence-corrected chi connectivity index (χ0v) is 9.27. The van der Waals surface area contributed by atoms with Gasteiger partial charge in [-0.15, -0.1) is 0 Å². The minimum absolute atomic E-state index is 0.0827. The Morgan fingerprint density at radius 3 is 2.59 bits per heavy atom. The second-order valence-corrected chi connectivity index (χ2v) is 3.43. The van der Waals surface area contributed by atoms with Crippen molar-refractivity contribution < 1.29 is 24.5 Å². The largest absolute Gasteiger partial charge is 0.478 e. The van der Waals surface area contributed by atoms with Crippen LogP contribution in [0.4, 0.5) is 0 Å². The molecule has 94 valence electrons. The first-order chi connectivity index (χ1) is 7.99. The minimum Gasteiger partial charge on any atom is -0.478 e. The number of carboxylic acids is 2. The van der Waals surface area contributed by atoms with Crippen molar-refractivity contribution in [1.82, 2.24) is 5.32 Å². The van der Waals surface area contributed by atoms with Gasteiger partial charge in [0.15, 0.2) is 0 Å². The normalized spacial score (nSPS) is 19.6. The number of aliphatic carboxylic acids is 2. The lowest BCUT2D eigenvalue weighted by Crippen LogP contribution is -2.35. The van der Waals surface area contributed by atoms with Crippen LogP contribution in [0, 0.1) is 0 Å². The van der Waals surface area contributed by atoms with Crippen molar-refractivity contribution in [2.24, 2.45) is 5.73 Å². The molecule has 0 aromatic heterocycles. The summed E-state index contributed by atoms with van der Waals surface area (Å²) in [4.78, 5) is 22.0. The summed E-state index contributed by atoms with van der Waals surface area (Å²) >= 11 is 0. The lowest BCUT2D eigenvalue weighted by molar-refractivity contribution is -0.135. The summed E-state index contributed by atoms with van der Waals surface area (Å²) < 4.78 is 5.20. The summed E-state index contributed by atoms with van der Waals surface area (Å²) in [6, 6.07) is 0. The summed E-state index contributed by atoms with van der Waals surface area (Å²) in [6.07, 6.45) is 0.125. The molecule has 0 aliphatic carbocycles. The number of nitrogens with two attached hydrogens (primary N) is 1. The zero-order valence-electron chi connectivity index (χ0n) is 9.27. The van der Waals surface area contributed by atoms with E-state index in [1.807, 2.05) is 0 Å². The Morgan fingerprint density at radius 1 is 1.47 bits per heavy atom. The molecule has 0 aromatic rings. The number of nitrogens with one attached hydrogen (secondary N) is 1. The van der Waals surface area contributed by atoms with Crippen LogP contribution in [0.25, 0.3) is 0 Å². The van der Waals surface area contributed by atoms with Gasteiger partial charge in [-0.25, -0.2) is 9.59 Å². The van der Waals surface area contributed by atoms with Crippen LogP contribution in [-0.4, -0.2) is 41.4 Å².